The Morgan fingerprint density at radius 3 is 1.62 bits per heavy atom. The Morgan fingerprint density at radius 2 is 0.846 bits per heavy atom. The summed E-state index contributed by atoms with van der Waals surface area (Å²) in [5.74, 6) is 0.877. The van der Waals surface area contributed by atoms with Gasteiger partial charge in [-0.25, -0.2) is 0 Å². The highest BCUT2D eigenvalue weighted by molar-refractivity contribution is 6.08. The lowest BCUT2D eigenvalue weighted by Crippen LogP contribution is -2.09. The first-order chi connectivity index (χ1) is 25.7. The molecule has 9 aromatic carbocycles. The van der Waals surface area contributed by atoms with Gasteiger partial charge < -0.3 is 9.32 Å². The largest absolute Gasteiger partial charge is 0.456 e. The summed E-state index contributed by atoms with van der Waals surface area (Å²) < 4.78 is 6.20. The van der Waals surface area contributed by atoms with Gasteiger partial charge in [-0.1, -0.05) is 140 Å². The lowest BCUT2D eigenvalue weighted by Gasteiger charge is -2.26. The number of hydrogen-bond donors (Lipinski definition) is 0. The van der Waals surface area contributed by atoms with E-state index in [1.54, 1.807) is 0 Å². The zero-order chi connectivity index (χ0) is 34.4. The lowest BCUT2D eigenvalue weighted by atomic mass is 9.99. The number of furan rings is 1. The molecule has 10 rings (SSSR count). The van der Waals surface area contributed by atoms with Crippen molar-refractivity contribution < 1.29 is 4.42 Å². The van der Waals surface area contributed by atoms with Crippen molar-refractivity contribution in [3.8, 4) is 33.6 Å². The van der Waals surface area contributed by atoms with Gasteiger partial charge in [-0.15, -0.1) is 0 Å². The van der Waals surface area contributed by atoms with Gasteiger partial charge in [0.2, 0.25) is 0 Å². The molecule has 2 heteroatoms. The summed E-state index contributed by atoms with van der Waals surface area (Å²) in [6.45, 7) is 0. The fraction of sp³-hybridized carbons (Fsp3) is 0. The van der Waals surface area contributed by atoms with Crippen LogP contribution in [0.2, 0.25) is 0 Å². The van der Waals surface area contributed by atoms with Crippen molar-refractivity contribution in [2.75, 3.05) is 4.90 Å². The highest BCUT2D eigenvalue weighted by atomic mass is 16.3. The van der Waals surface area contributed by atoms with Crippen LogP contribution in [0, 0.1) is 0 Å². The van der Waals surface area contributed by atoms with Gasteiger partial charge in [0.1, 0.15) is 11.3 Å². The first-order valence-electron chi connectivity index (χ1n) is 17.7. The van der Waals surface area contributed by atoms with Crippen LogP contribution in [0.1, 0.15) is 0 Å². The van der Waals surface area contributed by atoms with Crippen molar-refractivity contribution in [1.82, 2.24) is 0 Å². The third-order valence-electron chi connectivity index (χ3n) is 10.2. The summed E-state index contributed by atoms with van der Waals surface area (Å²) >= 11 is 0. The van der Waals surface area contributed by atoms with E-state index in [0.717, 1.165) is 50.5 Å². The van der Waals surface area contributed by atoms with Crippen molar-refractivity contribution in [2.45, 2.75) is 0 Å². The SMILES string of the molecule is c1cc(-c2ccc(N(c3ccc(-c4ccc5ccccc5c4)cc3)c3ccc4c(ccc5ccccc54)c3)cc2)cc(-c2cc3ccccc3o2)c1. The predicted octanol–water partition coefficient (Wildman–Crippen LogP) is 14.4. The summed E-state index contributed by atoms with van der Waals surface area (Å²) in [7, 11) is 0. The monoisotopic (exact) mass is 663 g/mol. The Labute approximate surface area is 302 Å². The van der Waals surface area contributed by atoms with E-state index in [0.29, 0.717) is 0 Å². The summed E-state index contributed by atoms with van der Waals surface area (Å²) in [5, 5.41) is 8.61. The standard InChI is InChI=1S/C50H33NO/c1-2-10-38-30-40(18-16-34(38)8-1)36-22-26-45(27-23-36)51(46-28-29-48-41(32-46)19-17-37-9-3-5-14-47(37)48)44-24-20-35(21-25-44)39-12-7-13-42(31-39)50-33-43-11-4-6-15-49(43)52-50/h1-33H. The summed E-state index contributed by atoms with van der Waals surface area (Å²) in [6.07, 6.45) is 0. The van der Waals surface area contributed by atoms with Crippen LogP contribution in [0.3, 0.4) is 0 Å². The van der Waals surface area contributed by atoms with Crippen molar-refractivity contribution in [3.05, 3.63) is 200 Å². The van der Waals surface area contributed by atoms with Crippen LogP contribution in [0.4, 0.5) is 17.1 Å². The maximum atomic E-state index is 6.20. The smallest absolute Gasteiger partial charge is 0.135 e. The van der Waals surface area contributed by atoms with Gasteiger partial charge in [-0.05, 0) is 115 Å². The van der Waals surface area contributed by atoms with Crippen LogP contribution in [0.5, 0.6) is 0 Å². The molecule has 0 bridgehead atoms. The molecular weight excluding hydrogens is 631 g/mol. The summed E-state index contributed by atoms with van der Waals surface area (Å²) in [5.41, 5.74) is 9.98. The molecule has 0 atom stereocenters. The Balaban J connectivity index is 1.04. The van der Waals surface area contributed by atoms with Gasteiger partial charge in [-0.2, -0.15) is 0 Å². The molecule has 0 N–H and O–H groups in total. The van der Waals surface area contributed by atoms with Crippen LogP contribution in [0.15, 0.2) is 205 Å². The average molecular weight is 664 g/mol. The zero-order valence-electron chi connectivity index (χ0n) is 28.4. The number of nitrogens with zero attached hydrogens (tertiary/aromatic N) is 1. The van der Waals surface area contributed by atoms with E-state index in [1.165, 1.54) is 43.4 Å². The maximum Gasteiger partial charge on any atom is 0.135 e. The molecule has 0 unspecified atom stereocenters. The molecule has 244 valence electrons. The van der Waals surface area contributed by atoms with Gasteiger partial charge in [0, 0.05) is 28.0 Å². The predicted molar refractivity (Wildman–Crippen MR) is 220 cm³/mol. The van der Waals surface area contributed by atoms with Crippen LogP contribution in [-0.4, -0.2) is 0 Å². The number of anilines is 3. The molecule has 0 radical (unpaired) electrons. The highest BCUT2D eigenvalue weighted by Gasteiger charge is 2.15. The number of rotatable bonds is 6. The van der Waals surface area contributed by atoms with Crippen LogP contribution >= 0.6 is 0 Å². The van der Waals surface area contributed by atoms with Gasteiger partial charge in [0.05, 0.1) is 0 Å². The fourth-order valence-electron chi connectivity index (χ4n) is 7.54. The molecule has 10 aromatic rings. The Kier molecular flexibility index (Phi) is 7.18. The Morgan fingerprint density at radius 1 is 0.288 bits per heavy atom. The van der Waals surface area contributed by atoms with Crippen LogP contribution < -0.4 is 4.90 Å². The molecule has 0 saturated heterocycles. The molecule has 0 saturated carbocycles. The number of para-hydroxylation sites is 1. The van der Waals surface area contributed by atoms with Crippen molar-refractivity contribution in [1.29, 1.82) is 0 Å². The molecule has 0 fully saturated rings. The van der Waals surface area contributed by atoms with Crippen molar-refractivity contribution in [2.24, 2.45) is 0 Å². The summed E-state index contributed by atoms with van der Waals surface area (Å²) in [6, 6.07) is 71.8. The molecule has 0 aliphatic carbocycles. The molecule has 52 heavy (non-hydrogen) atoms. The average Bonchev–Trinajstić information content (AvgIpc) is 3.66. The molecule has 0 aliphatic heterocycles. The summed E-state index contributed by atoms with van der Waals surface area (Å²) in [4.78, 5) is 2.35. The van der Waals surface area contributed by atoms with Gasteiger partial charge >= 0.3 is 0 Å². The minimum Gasteiger partial charge on any atom is -0.456 e. The van der Waals surface area contributed by atoms with Crippen molar-refractivity contribution in [3.63, 3.8) is 0 Å². The molecule has 1 heterocycles. The third-order valence-corrected chi connectivity index (χ3v) is 10.2. The normalized spacial score (nSPS) is 11.5. The number of hydrogen-bond acceptors (Lipinski definition) is 2. The first-order valence-corrected chi connectivity index (χ1v) is 17.7. The Hall–Kier alpha value is -6.90. The van der Waals surface area contributed by atoms with E-state index >= 15 is 0 Å². The maximum absolute atomic E-state index is 6.20. The molecular formula is C50H33NO. The second-order valence-electron chi connectivity index (χ2n) is 13.4. The third kappa shape index (κ3) is 5.39. The van der Waals surface area contributed by atoms with E-state index in [2.05, 4.69) is 187 Å². The van der Waals surface area contributed by atoms with E-state index < -0.39 is 0 Å². The van der Waals surface area contributed by atoms with Gasteiger partial charge in [-0.3, -0.25) is 0 Å². The minimum atomic E-state index is 0.877. The topological polar surface area (TPSA) is 16.4 Å². The second-order valence-corrected chi connectivity index (χ2v) is 13.4. The highest BCUT2D eigenvalue weighted by Crippen LogP contribution is 2.40. The lowest BCUT2D eigenvalue weighted by molar-refractivity contribution is 0.631. The fourth-order valence-corrected chi connectivity index (χ4v) is 7.54. The Bertz CT molecular complexity index is 2870. The second kappa shape index (κ2) is 12.5. The molecule has 2 nitrogen and oxygen atoms in total. The van der Waals surface area contributed by atoms with Crippen LogP contribution in [-0.2, 0) is 0 Å². The zero-order valence-corrected chi connectivity index (χ0v) is 28.4. The molecule has 0 spiro atoms. The van der Waals surface area contributed by atoms with E-state index in [4.69, 9.17) is 4.42 Å². The van der Waals surface area contributed by atoms with Gasteiger partial charge in [0.25, 0.3) is 0 Å². The van der Waals surface area contributed by atoms with E-state index in [-0.39, 0.29) is 0 Å². The van der Waals surface area contributed by atoms with E-state index in [9.17, 15) is 0 Å². The van der Waals surface area contributed by atoms with Crippen molar-refractivity contribution >= 4 is 60.3 Å². The number of benzene rings is 9. The molecule has 0 aliphatic rings. The first kappa shape index (κ1) is 30.0. The molecule has 0 amide bonds. The quantitative estimate of drug-likeness (QED) is 0.165. The van der Waals surface area contributed by atoms with Crippen LogP contribution in [0.25, 0.3) is 76.9 Å². The van der Waals surface area contributed by atoms with Gasteiger partial charge in [0.15, 0.2) is 0 Å². The molecule has 1 aromatic heterocycles. The minimum absolute atomic E-state index is 0.877. The van der Waals surface area contributed by atoms with E-state index in [1.807, 2.05) is 18.2 Å². The number of fused-ring (bicyclic) bond motifs is 5.